The zero-order chi connectivity index (χ0) is 22.4. The first-order valence-electron chi connectivity index (χ1n) is 9.21. The third kappa shape index (κ3) is 5.93. The van der Waals surface area contributed by atoms with Crippen molar-refractivity contribution in [1.29, 1.82) is 0 Å². The molecule has 1 fully saturated rings. The molecular weight excluding hydrogens is 502 g/mol. The molecule has 10 heteroatoms. The molecule has 7 nitrogen and oxygen atoms in total. The lowest BCUT2D eigenvalue weighted by Crippen LogP contribution is -2.47. The van der Waals surface area contributed by atoms with Gasteiger partial charge in [0.1, 0.15) is 16.6 Å². The van der Waals surface area contributed by atoms with Crippen LogP contribution in [0.5, 0.6) is 5.75 Å². The van der Waals surface area contributed by atoms with Gasteiger partial charge in [0.05, 0.1) is 17.1 Å². The van der Waals surface area contributed by atoms with Gasteiger partial charge in [-0.3, -0.25) is 30.1 Å². The number of benzene rings is 2. The van der Waals surface area contributed by atoms with Gasteiger partial charge in [-0.1, -0.05) is 48.2 Å². The highest BCUT2D eigenvalue weighted by Crippen LogP contribution is 2.32. The van der Waals surface area contributed by atoms with E-state index in [2.05, 4.69) is 26.8 Å². The van der Waals surface area contributed by atoms with E-state index >= 15 is 0 Å². The van der Waals surface area contributed by atoms with Crippen molar-refractivity contribution in [3.63, 3.8) is 0 Å². The van der Waals surface area contributed by atoms with Gasteiger partial charge in [0, 0.05) is 4.47 Å². The molecule has 0 spiro atoms. The van der Waals surface area contributed by atoms with Gasteiger partial charge in [-0.15, -0.1) is 0 Å². The van der Waals surface area contributed by atoms with Crippen LogP contribution < -0.4 is 15.6 Å². The second-order valence-electron chi connectivity index (χ2n) is 6.25. The van der Waals surface area contributed by atoms with E-state index in [1.165, 1.54) is 4.90 Å². The number of carbonyl (C=O) groups excluding carboxylic acids is 3. The van der Waals surface area contributed by atoms with Crippen LogP contribution in [0.1, 0.15) is 22.8 Å². The number of thioether (sulfide) groups is 1. The second kappa shape index (κ2) is 10.6. The zero-order valence-corrected chi connectivity index (χ0v) is 19.6. The van der Waals surface area contributed by atoms with Crippen molar-refractivity contribution < 1.29 is 19.1 Å². The van der Waals surface area contributed by atoms with Crippen molar-refractivity contribution >= 4 is 68.0 Å². The number of hydrogen-bond acceptors (Lipinski definition) is 6. The van der Waals surface area contributed by atoms with Crippen molar-refractivity contribution in [3.05, 3.63) is 69.0 Å². The van der Waals surface area contributed by atoms with E-state index < -0.39 is 11.8 Å². The Kier molecular flexibility index (Phi) is 7.83. The van der Waals surface area contributed by atoms with Crippen LogP contribution in [0, 0.1) is 0 Å². The van der Waals surface area contributed by atoms with Crippen LogP contribution >= 0.6 is 39.9 Å². The molecule has 1 saturated heterocycles. The number of thiocarbonyl (C=S) groups is 1. The molecule has 2 N–H and O–H groups in total. The second-order valence-corrected chi connectivity index (χ2v) is 8.78. The van der Waals surface area contributed by atoms with Crippen molar-refractivity contribution in [2.45, 2.75) is 6.92 Å². The largest absolute Gasteiger partial charge is 0.494 e. The van der Waals surface area contributed by atoms with Crippen LogP contribution in [-0.2, 0) is 9.59 Å². The molecule has 2 aromatic carbocycles. The number of ether oxygens (including phenoxy) is 1. The minimum atomic E-state index is -0.570. The fourth-order valence-electron chi connectivity index (χ4n) is 2.64. The Morgan fingerprint density at radius 1 is 1.16 bits per heavy atom. The minimum Gasteiger partial charge on any atom is -0.494 e. The summed E-state index contributed by atoms with van der Waals surface area (Å²) >= 11 is 9.64. The average molecular weight is 520 g/mol. The molecule has 1 heterocycles. The van der Waals surface area contributed by atoms with E-state index in [9.17, 15) is 14.4 Å². The molecule has 0 atom stereocenters. The summed E-state index contributed by atoms with van der Waals surface area (Å²) in [4.78, 5) is 38.7. The molecule has 1 aliphatic heterocycles. The monoisotopic (exact) mass is 519 g/mol. The van der Waals surface area contributed by atoms with Crippen LogP contribution in [-0.4, -0.2) is 40.1 Å². The van der Waals surface area contributed by atoms with E-state index in [0.29, 0.717) is 21.5 Å². The molecule has 3 rings (SSSR count). The Hall–Kier alpha value is -2.69. The number of hydrogen-bond donors (Lipinski definition) is 2. The van der Waals surface area contributed by atoms with Crippen LogP contribution in [0.2, 0.25) is 0 Å². The van der Waals surface area contributed by atoms with Crippen LogP contribution in [0.15, 0.2) is 57.9 Å². The maximum atomic E-state index is 12.7. The van der Waals surface area contributed by atoms with Gasteiger partial charge in [0.25, 0.3) is 17.7 Å². The fraction of sp³-hybridized carbons (Fsp3) is 0.143. The van der Waals surface area contributed by atoms with E-state index in [1.807, 2.05) is 31.2 Å². The highest BCUT2D eigenvalue weighted by molar-refractivity contribution is 9.10. The Morgan fingerprint density at radius 2 is 1.87 bits per heavy atom. The third-order valence-corrected chi connectivity index (χ3v) is 6.17. The number of rotatable bonds is 6. The number of nitrogens with one attached hydrogen (secondary N) is 2. The van der Waals surface area contributed by atoms with Crippen molar-refractivity contribution in [1.82, 2.24) is 15.8 Å². The molecular formula is C21H18BrN3O4S2. The summed E-state index contributed by atoms with van der Waals surface area (Å²) in [5.74, 6) is -0.676. The fourth-order valence-corrected chi connectivity index (χ4v) is 4.36. The van der Waals surface area contributed by atoms with Crippen LogP contribution in [0.25, 0.3) is 6.08 Å². The van der Waals surface area contributed by atoms with Gasteiger partial charge in [-0.25, -0.2) is 0 Å². The summed E-state index contributed by atoms with van der Waals surface area (Å²) in [6.45, 7) is 2.17. The van der Waals surface area contributed by atoms with Crippen molar-refractivity contribution in [2.75, 3.05) is 13.2 Å². The van der Waals surface area contributed by atoms with E-state index in [1.54, 1.807) is 30.3 Å². The number of halogens is 1. The first-order chi connectivity index (χ1) is 14.9. The van der Waals surface area contributed by atoms with Gasteiger partial charge >= 0.3 is 0 Å². The molecule has 0 aromatic heterocycles. The smallest absolute Gasteiger partial charge is 0.270 e. The molecule has 0 bridgehead atoms. The third-order valence-electron chi connectivity index (χ3n) is 4.10. The van der Waals surface area contributed by atoms with E-state index in [0.717, 1.165) is 23.1 Å². The predicted molar refractivity (Wildman–Crippen MR) is 127 cm³/mol. The summed E-state index contributed by atoms with van der Waals surface area (Å²) in [6.07, 6.45) is 1.71. The summed E-state index contributed by atoms with van der Waals surface area (Å²) in [6, 6.07) is 14.1. The molecule has 0 saturated carbocycles. The molecule has 160 valence electrons. The SMILES string of the molecule is CCOc1ccc(/C=C2/SC(=S)N(CC(=O)NNC(=O)c3ccccc3Br)C2=O)cc1. The Balaban J connectivity index is 1.58. The average Bonchev–Trinajstić information content (AvgIpc) is 3.01. The predicted octanol–water partition coefficient (Wildman–Crippen LogP) is 3.51. The Morgan fingerprint density at radius 3 is 2.55 bits per heavy atom. The number of hydrazine groups is 1. The topological polar surface area (TPSA) is 87.7 Å². The van der Waals surface area contributed by atoms with Crippen LogP contribution in [0.4, 0.5) is 0 Å². The molecule has 3 amide bonds. The lowest BCUT2D eigenvalue weighted by atomic mass is 10.2. The number of carbonyl (C=O) groups is 3. The van der Waals surface area contributed by atoms with Gasteiger partial charge in [-0.05, 0) is 58.8 Å². The molecule has 1 aliphatic rings. The lowest BCUT2D eigenvalue weighted by molar-refractivity contribution is -0.129. The van der Waals surface area contributed by atoms with E-state index in [4.69, 9.17) is 17.0 Å². The Labute approximate surface area is 197 Å². The van der Waals surface area contributed by atoms with Crippen LogP contribution in [0.3, 0.4) is 0 Å². The number of nitrogens with zero attached hydrogens (tertiary/aromatic N) is 1. The van der Waals surface area contributed by atoms with Crippen molar-refractivity contribution in [3.8, 4) is 5.75 Å². The molecule has 0 radical (unpaired) electrons. The van der Waals surface area contributed by atoms with Gasteiger partial charge in [0.15, 0.2) is 0 Å². The normalized spacial score (nSPS) is 14.6. The Bertz CT molecular complexity index is 1060. The van der Waals surface area contributed by atoms with Gasteiger partial charge in [-0.2, -0.15) is 0 Å². The zero-order valence-electron chi connectivity index (χ0n) is 16.4. The molecule has 0 unspecified atom stereocenters. The highest BCUT2D eigenvalue weighted by atomic mass is 79.9. The first-order valence-corrected chi connectivity index (χ1v) is 11.2. The number of amides is 3. The van der Waals surface area contributed by atoms with Crippen molar-refractivity contribution in [2.24, 2.45) is 0 Å². The maximum Gasteiger partial charge on any atom is 0.270 e. The van der Waals surface area contributed by atoms with E-state index in [-0.39, 0.29) is 16.8 Å². The summed E-state index contributed by atoms with van der Waals surface area (Å²) < 4.78 is 6.27. The standard InChI is InChI=1S/C21H18BrN3O4S2/c1-2-29-14-9-7-13(8-10-14)11-17-20(28)25(21(30)31-17)12-18(26)23-24-19(27)15-5-3-4-6-16(15)22/h3-11H,2,12H2,1H3,(H,23,26)(H,24,27)/b17-11+. The summed E-state index contributed by atoms with van der Waals surface area (Å²) in [7, 11) is 0. The van der Waals surface area contributed by atoms with Gasteiger partial charge in [0.2, 0.25) is 0 Å². The first kappa shape index (κ1) is 23.0. The molecule has 0 aliphatic carbocycles. The maximum absolute atomic E-state index is 12.7. The molecule has 2 aromatic rings. The molecule has 31 heavy (non-hydrogen) atoms. The summed E-state index contributed by atoms with van der Waals surface area (Å²) in [5, 5.41) is 0. The highest BCUT2D eigenvalue weighted by Gasteiger charge is 2.33. The summed E-state index contributed by atoms with van der Waals surface area (Å²) in [5.41, 5.74) is 5.81. The minimum absolute atomic E-state index is 0.273. The van der Waals surface area contributed by atoms with Gasteiger partial charge < -0.3 is 4.74 Å². The lowest BCUT2D eigenvalue weighted by Gasteiger charge is -2.14. The quantitative estimate of drug-likeness (QED) is 0.345.